The summed E-state index contributed by atoms with van der Waals surface area (Å²) in [5, 5.41) is 14.1. The van der Waals surface area contributed by atoms with Crippen molar-refractivity contribution in [3.8, 4) is 0 Å². The molecule has 0 radical (unpaired) electrons. The lowest BCUT2D eigenvalue weighted by atomic mass is 9.98. The lowest BCUT2D eigenvalue weighted by Gasteiger charge is -2.16. The molecule has 2 aromatic carbocycles. The molecule has 0 saturated carbocycles. The molecule has 0 saturated heterocycles. The minimum Gasteiger partial charge on any atom is -0.359 e. The number of anilines is 1. The molecule has 25 heavy (non-hydrogen) atoms. The Morgan fingerprint density at radius 2 is 1.72 bits per heavy atom. The third kappa shape index (κ3) is 6.22. The van der Waals surface area contributed by atoms with Crippen LogP contribution in [0.4, 0.5) is 5.69 Å². The van der Waals surface area contributed by atoms with E-state index >= 15 is 0 Å². The number of rotatable bonds is 9. The van der Waals surface area contributed by atoms with E-state index in [-0.39, 0.29) is 23.2 Å². The van der Waals surface area contributed by atoms with Gasteiger partial charge in [-0.2, -0.15) is 0 Å². The number of carbonyl (C=O) groups excluding carboxylic acids is 1. The molecular weight excluding hydrogens is 316 g/mol. The minimum atomic E-state index is -0.298. The fraction of sp³-hybridized carbons (Fsp3) is 0.250. The average molecular weight is 338 g/mol. The van der Waals surface area contributed by atoms with Crippen LogP contribution in [0.5, 0.6) is 0 Å². The summed E-state index contributed by atoms with van der Waals surface area (Å²) < 4.78 is 0. The van der Waals surface area contributed by atoms with Crippen LogP contribution in [0.2, 0.25) is 0 Å². The number of hydrogen-bond acceptors (Lipinski definition) is 4. The molecule has 0 amide bonds. The second-order valence-electron chi connectivity index (χ2n) is 5.88. The van der Waals surface area contributed by atoms with Crippen molar-refractivity contribution < 1.29 is 9.72 Å². The van der Waals surface area contributed by atoms with Crippen LogP contribution in [0.15, 0.2) is 72.4 Å². The van der Waals surface area contributed by atoms with E-state index in [2.05, 4.69) is 5.32 Å². The van der Waals surface area contributed by atoms with Crippen molar-refractivity contribution in [1.29, 1.82) is 0 Å². The van der Waals surface area contributed by atoms with Gasteiger partial charge in [-0.1, -0.05) is 55.5 Å². The van der Waals surface area contributed by atoms with Crippen LogP contribution in [0, 0.1) is 16.0 Å². The summed E-state index contributed by atoms with van der Waals surface area (Å²) in [6.07, 6.45) is 2.67. The highest BCUT2D eigenvalue weighted by atomic mass is 16.6. The largest absolute Gasteiger partial charge is 0.359 e. The number of carbonyl (C=O) groups is 1. The summed E-state index contributed by atoms with van der Waals surface area (Å²) in [5.41, 5.74) is 2.14. The average Bonchev–Trinajstić information content (AvgIpc) is 2.62. The molecule has 0 spiro atoms. The lowest BCUT2D eigenvalue weighted by molar-refractivity contribution is -0.488. The van der Waals surface area contributed by atoms with Crippen molar-refractivity contribution >= 4 is 11.5 Å². The first-order valence-corrected chi connectivity index (χ1v) is 8.32. The van der Waals surface area contributed by atoms with E-state index in [1.165, 1.54) is 0 Å². The van der Waals surface area contributed by atoms with Crippen molar-refractivity contribution in [2.45, 2.75) is 19.8 Å². The van der Waals surface area contributed by atoms with Crippen molar-refractivity contribution in [3.63, 3.8) is 0 Å². The highest BCUT2D eigenvalue weighted by Gasteiger charge is 2.17. The van der Waals surface area contributed by atoms with Gasteiger partial charge in [0.05, 0.1) is 0 Å². The van der Waals surface area contributed by atoms with E-state index in [1.54, 1.807) is 18.2 Å². The summed E-state index contributed by atoms with van der Waals surface area (Å²) in [7, 11) is 0. The van der Waals surface area contributed by atoms with Gasteiger partial charge < -0.3 is 5.32 Å². The van der Waals surface area contributed by atoms with E-state index in [1.807, 2.05) is 55.5 Å². The molecule has 130 valence electrons. The number of para-hydroxylation sites is 1. The number of nitro groups is 1. The molecule has 5 heteroatoms. The van der Waals surface area contributed by atoms with Gasteiger partial charge in [0.1, 0.15) is 0 Å². The summed E-state index contributed by atoms with van der Waals surface area (Å²) in [5.74, 6) is -0.240. The minimum absolute atomic E-state index is 0.107. The van der Waals surface area contributed by atoms with Crippen LogP contribution in [0.25, 0.3) is 0 Å². The topological polar surface area (TPSA) is 72.2 Å². The van der Waals surface area contributed by atoms with Crippen molar-refractivity contribution in [2.24, 2.45) is 5.92 Å². The molecule has 0 bridgehead atoms. The SMILES string of the molecule is CCC(C/C(=C/C(=O)c1ccccc1)Nc1ccccc1)C[N+](=O)[O-]. The monoisotopic (exact) mass is 338 g/mol. The summed E-state index contributed by atoms with van der Waals surface area (Å²) in [6, 6.07) is 18.5. The van der Waals surface area contributed by atoms with Gasteiger partial charge in [0.15, 0.2) is 5.78 Å². The highest BCUT2D eigenvalue weighted by molar-refractivity contribution is 6.05. The molecule has 1 N–H and O–H groups in total. The third-order valence-electron chi connectivity index (χ3n) is 3.94. The summed E-state index contributed by atoms with van der Waals surface area (Å²) in [6.45, 7) is 1.82. The molecule has 0 heterocycles. The van der Waals surface area contributed by atoms with Gasteiger partial charge in [0.2, 0.25) is 6.54 Å². The van der Waals surface area contributed by atoms with Crippen LogP contribution in [-0.2, 0) is 0 Å². The smallest absolute Gasteiger partial charge is 0.207 e. The van der Waals surface area contributed by atoms with Gasteiger partial charge in [-0.05, 0) is 25.0 Å². The second-order valence-corrected chi connectivity index (χ2v) is 5.88. The van der Waals surface area contributed by atoms with Crippen molar-refractivity contribution in [3.05, 3.63) is 88.1 Å². The normalized spacial score (nSPS) is 12.4. The number of hydrogen-bond donors (Lipinski definition) is 1. The zero-order valence-electron chi connectivity index (χ0n) is 14.2. The molecule has 0 aromatic heterocycles. The Morgan fingerprint density at radius 3 is 2.28 bits per heavy atom. The Balaban J connectivity index is 2.22. The van der Waals surface area contributed by atoms with Gasteiger partial charge in [0.25, 0.3) is 0 Å². The first kappa shape index (κ1) is 18.4. The Kier molecular flexibility index (Phi) is 6.89. The van der Waals surface area contributed by atoms with Crippen LogP contribution in [0.1, 0.15) is 30.1 Å². The quantitative estimate of drug-likeness (QED) is 0.315. The zero-order chi connectivity index (χ0) is 18.1. The molecular formula is C20H22N2O3. The van der Waals surface area contributed by atoms with Crippen molar-refractivity contribution in [2.75, 3.05) is 11.9 Å². The van der Waals surface area contributed by atoms with Gasteiger partial charge in [-0.15, -0.1) is 0 Å². The van der Waals surface area contributed by atoms with Gasteiger partial charge >= 0.3 is 0 Å². The Hall–Kier alpha value is -2.95. The predicted molar refractivity (Wildman–Crippen MR) is 99.2 cm³/mol. The lowest BCUT2D eigenvalue weighted by Crippen LogP contribution is -2.17. The fourth-order valence-corrected chi connectivity index (χ4v) is 2.56. The molecule has 0 aliphatic carbocycles. The molecule has 0 aliphatic rings. The van der Waals surface area contributed by atoms with Gasteiger partial charge in [0, 0.05) is 33.9 Å². The molecule has 5 nitrogen and oxygen atoms in total. The van der Waals surface area contributed by atoms with Crippen molar-refractivity contribution in [1.82, 2.24) is 0 Å². The van der Waals surface area contributed by atoms with Gasteiger partial charge in [-0.3, -0.25) is 14.9 Å². The maximum Gasteiger partial charge on any atom is 0.207 e. The number of nitrogens with zero attached hydrogens (tertiary/aromatic N) is 1. The first-order valence-electron chi connectivity index (χ1n) is 8.32. The maximum atomic E-state index is 12.5. The molecule has 0 aliphatic heterocycles. The van der Waals surface area contributed by atoms with E-state index in [0.29, 0.717) is 24.1 Å². The van der Waals surface area contributed by atoms with Crippen LogP contribution >= 0.6 is 0 Å². The summed E-state index contributed by atoms with van der Waals surface area (Å²) >= 11 is 0. The highest BCUT2D eigenvalue weighted by Crippen LogP contribution is 2.19. The maximum absolute atomic E-state index is 12.5. The first-order chi connectivity index (χ1) is 12.1. The van der Waals surface area contributed by atoms with Crippen LogP contribution in [-0.4, -0.2) is 17.3 Å². The Bertz CT molecular complexity index is 727. The molecule has 1 atom stereocenters. The molecule has 2 rings (SSSR count). The Morgan fingerprint density at radius 1 is 1.12 bits per heavy atom. The molecule has 2 aromatic rings. The zero-order valence-corrected chi connectivity index (χ0v) is 14.2. The number of allylic oxidation sites excluding steroid dienone is 2. The molecule has 0 fully saturated rings. The predicted octanol–water partition coefficient (Wildman–Crippen LogP) is 4.56. The number of ketones is 1. The second kappa shape index (κ2) is 9.37. The third-order valence-corrected chi connectivity index (χ3v) is 3.94. The van der Waals surface area contributed by atoms with E-state index in [9.17, 15) is 14.9 Å². The van der Waals surface area contributed by atoms with E-state index in [0.717, 1.165) is 5.69 Å². The Labute approximate surface area is 147 Å². The van der Waals surface area contributed by atoms with Crippen LogP contribution < -0.4 is 5.32 Å². The standard InChI is InChI=1S/C20H22N2O3/c1-2-16(15-22(24)25)13-19(21-18-11-7-4-8-12-18)14-20(23)17-9-5-3-6-10-17/h3-12,14,16,21H,2,13,15H2,1H3/b19-14-. The number of nitrogens with one attached hydrogen (secondary N) is 1. The van der Waals surface area contributed by atoms with Gasteiger partial charge in [-0.25, -0.2) is 0 Å². The van der Waals surface area contributed by atoms with Crippen LogP contribution in [0.3, 0.4) is 0 Å². The van der Waals surface area contributed by atoms with E-state index < -0.39 is 0 Å². The molecule has 1 unspecified atom stereocenters. The number of benzene rings is 2. The van der Waals surface area contributed by atoms with E-state index in [4.69, 9.17) is 0 Å². The summed E-state index contributed by atoms with van der Waals surface area (Å²) in [4.78, 5) is 23.0. The fourth-order valence-electron chi connectivity index (χ4n) is 2.56.